The van der Waals surface area contributed by atoms with Gasteiger partial charge in [-0.2, -0.15) is 0 Å². The molecule has 2 rings (SSSR count). The summed E-state index contributed by atoms with van der Waals surface area (Å²) in [6.07, 6.45) is 0.353. The van der Waals surface area contributed by atoms with Gasteiger partial charge in [0, 0.05) is 11.8 Å². The number of esters is 1. The SMILES string of the molecule is COC(=O)C1(C)c2ccc(OC)nc2CCC1O. The summed E-state index contributed by atoms with van der Waals surface area (Å²) in [6, 6.07) is 3.47. The number of hydrogen-bond donors (Lipinski definition) is 1. The lowest BCUT2D eigenvalue weighted by Crippen LogP contribution is -2.48. The third-order valence-electron chi connectivity index (χ3n) is 3.65. The van der Waals surface area contributed by atoms with Gasteiger partial charge in [-0.3, -0.25) is 4.79 Å². The number of ether oxygens (including phenoxy) is 2. The van der Waals surface area contributed by atoms with E-state index >= 15 is 0 Å². The van der Waals surface area contributed by atoms with Gasteiger partial charge in [-0.1, -0.05) is 6.07 Å². The van der Waals surface area contributed by atoms with Crippen molar-refractivity contribution in [1.29, 1.82) is 0 Å². The highest BCUT2D eigenvalue weighted by molar-refractivity contribution is 5.84. The number of carbonyl (C=O) groups is 1. The summed E-state index contributed by atoms with van der Waals surface area (Å²) in [4.78, 5) is 16.3. The van der Waals surface area contributed by atoms with Crippen LogP contribution in [0.15, 0.2) is 12.1 Å². The van der Waals surface area contributed by atoms with Crippen LogP contribution >= 0.6 is 0 Å². The molecule has 0 bridgehead atoms. The molecule has 1 aliphatic carbocycles. The van der Waals surface area contributed by atoms with E-state index in [1.807, 2.05) is 0 Å². The van der Waals surface area contributed by atoms with Crippen LogP contribution in [-0.2, 0) is 21.4 Å². The summed E-state index contributed by atoms with van der Waals surface area (Å²) in [6.45, 7) is 1.69. The highest BCUT2D eigenvalue weighted by atomic mass is 16.5. The smallest absolute Gasteiger partial charge is 0.318 e. The number of aliphatic hydroxyl groups is 1. The van der Waals surface area contributed by atoms with Gasteiger partial charge < -0.3 is 14.6 Å². The summed E-state index contributed by atoms with van der Waals surface area (Å²) in [5, 5.41) is 10.1. The average molecular weight is 251 g/mol. The number of nitrogens with zero attached hydrogens (tertiary/aromatic N) is 1. The molecule has 5 nitrogen and oxygen atoms in total. The Bertz CT molecular complexity index is 474. The number of methoxy groups -OCH3 is 2. The zero-order valence-corrected chi connectivity index (χ0v) is 10.8. The fraction of sp³-hybridized carbons (Fsp3) is 0.538. The fourth-order valence-corrected chi connectivity index (χ4v) is 2.46. The summed E-state index contributed by atoms with van der Waals surface area (Å²) < 4.78 is 9.89. The second-order valence-electron chi connectivity index (χ2n) is 4.60. The van der Waals surface area contributed by atoms with Gasteiger partial charge in [0.05, 0.1) is 20.3 Å². The topological polar surface area (TPSA) is 68.7 Å². The zero-order chi connectivity index (χ0) is 13.3. The van der Waals surface area contributed by atoms with Crippen molar-refractivity contribution in [3.8, 4) is 5.88 Å². The molecule has 1 aliphatic rings. The van der Waals surface area contributed by atoms with E-state index in [1.54, 1.807) is 26.2 Å². The second-order valence-corrected chi connectivity index (χ2v) is 4.60. The lowest BCUT2D eigenvalue weighted by Gasteiger charge is -2.37. The molecular weight excluding hydrogens is 234 g/mol. The largest absolute Gasteiger partial charge is 0.481 e. The van der Waals surface area contributed by atoms with Gasteiger partial charge in [-0.25, -0.2) is 4.98 Å². The Morgan fingerprint density at radius 2 is 2.22 bits per heavy atom. The summed E-state index contributed by atoms with van der Waals surface area (Å²) in [5.41, 5.74) is 0.447. The van der Waals surface area contributed by atoms with E-state index in [9.17, 15) is 9.90 Å². The van der Waals surface area contributed by atoms with Gasteiger partial charge >= 0.3 is 5.97 Å². The van der Waals surface area contributed by atoms with Crippen molar-refractivity contribution in [3.63, 3.8) is 0 Å². The number of aromatic nitrogens is 1. The Hall–Kier alpha value is -1.62. The molecule has 5 heteroatoms. The van der Waals surface area contributed by atoms with Gasteiger partial charge in [-0.05, 0) is 25.3 Å². The van der Waals surface area contributed by atoms with E-state index in [4.69, 9.17) is 9.47 Å². The van der Waals surface area contributed by atoms with Crippen molar-refractivity contribution in [2.75, 3.05) is 14.2 Å². The molecule has 98 valence electrons. The monoisotopic (exact) mass is 251 g/mol. The fourth-order valence-electron chi connectivity index (χ4n) is 2.46. The third-order valence-corrected chi connectivity index (χ3v) is 3.65. The Labute approximate surface area is 106 Å². The van der Waals surface area contributed by atoms with E-state index in [0.717, 1.165) is 5.69 Å². The summed E-state index contributed by atoms with van der Waals surface area (Å²) in [5.74, 6) is 0.0697. The Kier molecular flexibility index (Phi) is 3.26. The maximum Gasteiger partial charge on any atom is 0.318 e. The first kappa shape index (κ1) is 12.8. The predicted octanol–water partition coefficient (Wildman–Crippen LogP) is 0.828. The molecular formula is C13H17NO4. The molecule has 0 radical (unpaired) electrons. The van der Waals surface area contributed by atoms with Gasteiger partial charge in [0.1, 0.15) is 5.41 Å². The number of pyridine rings is 1. The first-order valence-corrected chi connectivity index (χ1v) is 5.85. The molecule has 0 aliphatic heterocycles. The Morgan fingerprint density at radius 3 is 2.83 bits per heavy atom. The number of fused-ring (bicyclic) bond motifs is 1. The van der Waals surface area contributed by atoms with Crippen LogP contribution in [0.25, 0.3) is 0 Å². The van der Waals surface area contributed by atoms with E-state index in [0.29, 0.717) is 24.3 Å². The lowest BCUT2D eigenvalue weighted by molar-refractivity contribution is -0.152. The van der Waals surface area contributed by atoms with Crippen LogP contribution in [0.3, 0.4) is 0 Å². The molecule has 2 unspecified atom stereocenters. The second kappa shape index (κ2) is 4.57. The van der Waals surface area contributed by atoms with Crippen molar-refractivity contribution >= 4 is 5.97 Å². The molecule has 1 aromatic heterocycles. The van der Waals surface area contributed by atoms with Crippen LogP contribution in [0.5, 0.6) is 5.88 Å². The normalized spacial score (nSPS) is 26.3. The number of hydrogen-bond acceptors (Lipinski definition) is 5. The van der Waals surface area contributed by atoms with Crippen LogP contribution in [0.2, 0.25) is 0 Å². The number of rotatable bonds is 2. The molecule has 0 aromatic carbocycles. The van der Waals surface area contributed by atoms with Crippen LogP contribution in [-0.4, -0.2) is 36.4 Å². The first-order valence-electron chi connectivity index (χ1n) is 5.85. The maximum atomic E-state index is 12.0. The minimum atomic E-state index is -1.05. The zero-order valence-electron chi connectivity index (χ0n) is 10.8. The standard InChI is InChI=1S/C13H17NO4/c1-13(12(16)18-3)8-4-7-11(17-2)14-9(8)5-6-10(13)15/h4,7,10,15H,5-6H2,1-3H3. The molecule has 18 heavy (non-hydrogen) atoms. The van der Waals surface area contributed by atoms with Gasteiger partial charge in [0.15, 0.2) is 0 Å². The first-order chi connectivity index (χ1) is 8.53. The average Bonchev–Trinajstić information content (AvgIpc) is 2.41. The molecule has 1 aromatic rings. The minimum absolute atomic E-state index is 0.442. The van der Waals surface area contributed by atoms with E-state index in [-0.39, 0.29) is 0 Å². The molecule has 0 saturated carbocycles. The molecule has 1 heterocycles. The molecule has 0 amide bonds. The van der Waals surface area contributed by atoms with Gasteiger partial charge in [-0.15, -0.1) is 0 Å². The molecule has 0 saturated heterocycles. The number of aliphatic hydroxyl groups excluding tert-OH is 1. The molecule has 1 N–H and O–H groups in total. The minimum Gasteiger partial charge on any atom is -0.481 e. The highest BCUT2D eigenvalue weighted by Gasteiger charge is 2.47. The van der Waals surface area contributed by atoms with Crippen molar-refractivity contribution in [2.45, 2.75) is 31.3 Å². The lowest BCUT2D eigenvalue weighted by atomic mass is 9.71. The van der Waals surface area contributed by atoms with Gasteiger partial charge in [0.25, 0.3) is 0 Å². The Morgan fingerprint density at radius 1 is 1.50 bits per heavy atom. The number of carbonyl (C=O) groups excluding carboxylic acids is 1. The summed E-state index contributed by atoms with van der Waals surface area (Å²) >= 11 is 0. The molecule has 2 atom stereocenters. The number of aryl methyl sites for hydroxylation is 1. The van der Waals surface area contributed by atoms with Crippen molar-refractivity contribution in [3.05, 3.63) is 23.4 Å². The van der Waals surface area contributed by atoms with E-state index in [1.165, 1.54) is 7.11 Å². The highest BCUT2D eigenvalue weighted by Crippen LogP contribution is 2.38. The molecule has 0 fully saturated rings. The van der Waals surface area contributed by atoms with Crippen molar-refractivity contribution in [2.24, 2.45) is 0 Å². The van der Waals surface area contributed by atoms with Crippen LogP contribution in [0.4, 0.5) is 0 Å². The predicted molar refractivity (Wildman–Crippen MR) is 64.5 cm³/mol. The van der Waals surface area contributed by atoms with Crippen LogP contribution < -0.4 is 4.74 Å². The quantitative estimate of drug-likeness (QED) is 0.788. The van der Waals surface area contributed by atoms with Crippen LogP contribution in [0.1, 0.15) is 24.6 Å². The third kappa shape index (κ3) is 1.75. The molecule has 0 spiro atoms. The van der Waals surface area contributed by atoms with Crippen molar-refractivity contribution in [1.82, 2.24) is 4.98 Å². The van der Waals surface area contributed by atoms with E-state index in [2.05, 4.69) is 4.98 Å². The van der Waals surface area contributed by atoms with Crippen LogP contribution in [0, 0.1) is 0 Å². The van der Waals surface area contributed by atoms with E-state index < -0.39 is 17.5 Å². The van der Waals surface area contributed by atoms with Crippen molar-refractivity contribution < 1.29 is 19.4 Å². The van der Waals surface area contributed by atoms with Gasteiger partial charge in [0.2, 0.25) is 5.88 Å². The summed E-state index contributed by atoms with van der Waals surface area (Å²) in [7, 11) is 2.87. The Balaban J connectivity index is 2.54. The maximum absolute atomic E-state index is 12.0.